The van der Waals surface area contributed by atoms with Crippen LogP contribution in [0, 0.1) is 0 Å². The summed E-state index contributed by atoms with van der Waals surface area (Å²) in [6.45, 7) is 1.66. The van der Waals surface area contributed by atoms with Crippen LogP contribution in [-0.4, -0.2) is 55.7 Å². The van der Waals surface area contributed by atoms with Crippen LogP contribution in [-0.2, 0) is 14.3 Å². The third-order valence-electron chi connectivity index (χ3n) is 4.79. The van der Waals surface area contributed by atoms with E-state index in [1.54, 1.807) is 37.3 Å². The SMILES string of the molecule is CCOC(=O)NN(C(=O)c1ccccc1)C1CC(=O)N(c2cc(OC)ccc2OC)C1=O. The van der Waals surface area contributed by atoms with E-state index < -0.39 is 29.9 Å². The quantitative estimate of drug-likeness (QED) is 0.540. The molecule has 0 bridgehead atoms. The molecule has 4 amide bonds. The number of hydrazine groups is 1. The van der Waals surface area contributed by atoms with Crippen molar-refractivity contribution in [3.05, 3.63) is 54.1 Å². The van der Waals surface area contributed by atoms with Gasteiger partial charge in [0.15, 0.2) is 0 Å². The first-order valence-corrected chi connectivity index (χ1v) is 9.82. The van der Waals surface area contributed by atoms with Crippen LogP contribution >= 0.6 is 0 Å². The van der Waals surface area contributed by atoms with Gasteiger partial charge in [0, 0.05) is 11.6 Å². The molecule has 1 saturated heterocycles. The Labute approximate surface area is 184 Å². The van der Waals surface area contributed by atoms with E-state index in [0.717, 1.165) is 9.91 Å². The molecule has 10 heteroatoms. The minimum Gasteiger partial charge on any atom is -0.497 e. The summed E-state index contributed by atoms with van der Waals surface area (Å²) in [6.07, 6.45) is -1.26. The number of carbonyl (C=O) groups is 4. The molecule has 1 aliphatic rings. The van der Waals surface area contributed by atoms with E-state index in [4.69, 9.17) is 14.2 Å². The molecule has 2 aromatic rings. The molecule has 0 aliphatic carbocycles. The Hall–Kier alpha value is -4.08. The number of rotatable bonds is 6. The van der Waals surface area contributed by atoms with Crippen LogP contribution in [0.4, 0.5) is 10.5 Å². The molecule has 1 fully saturated rings. The van der Waals surface area contributed by atoms with Gasteiger partial charge >= 0.3 is 6.09 Å². The Morgan fingerprint density at radius 1 is 1.09 bits per heavy atom. The van der Waals surface area contributed by atoms with Crippen molar-refractivity contribution in [2.45, 2.75) is 19.4 Å². The van der Waals surface area contributed by atoms with Crippen molar-refractivity contribution in [1.82, 2.24) is 10.4 Å². The highest BCUT2D eigenvalue weighted by molar-refractivity contribution is 6.24. The molecule has 1 atom stereocenters. The minimum atomic E-state index is -1.28. The van der Waals surface area contributed by atoms with Crippen LogP contribution in [0.2, 0.25) is 0 Å². The van der Waals surface area contributed by atoms with E-state index in [1.807, 2.05) is 0 Å². The number of hydrogen-bond donors (Lipinski definition) is 1. The van der Waals surface area contributed by atoms with Crippen molar-refractivity contribution in [3.63, 3.8) is 0 Å². The number of amides is 4. The van der Waals surface area contributed by atoms with Crippen molar-refractivity contribution >= 4 is 29.5 Å². The summed E-state index contributed by atoms with van der Waals surface area (Å²) in [6, 6.07) is 11.5. The molecule has 1 unspecified atom stereocenters. The Balaban J connectivity index is 1.98. The van der Waals surface area contributed by atoms with E-state index in [-0.39, 0.29) is 30.0 Å². The maximum absolute atomic E-state index is 13.3. The zero-order valence-corrected chi connectivity index (χ0v) is 17.9. The van der Waals surface area contributed by atoms with E-state index >= 15 is 0 Å². The number of benzene rings is 2. The van der Waals surface area contributed by atoms with E-state index in [0.29, 0.717) is 5.75 Å². The van der Waals surface area contributed by atoms with Crippen LogP contribution < -0.4 is 19.8 Å². The van der Waals surface area contributed by atoms with Gasteiger partial charge in [-0.25, -0.2) is 20.1 Å². The van der Waals surface area contributed by atoms with Crippen LogP contribution in [0.15, 0.2) is 48.5 Å². The molecule has 1 heterocycles. The lowest BCUT2D eigenvalue weighted by Crippen LogP contribution is -2.54. The number of ether oxygens (including phenoxy) is 3. The summed E-state index contributed by atoms with van der Waals surface area (Å²) in [5, 5.41) is 0.834. The molecular weight excluding hydrogens is 418 g/mol. The highest BCUT2D eigenvalue weighted by Gasteiger charge is 2.46. The van der Waals surface area contributed by atoms with E-state index in [2.05, 4.69) is 5.43 Å². The predicted molar refractivity (Wildman–Crippen MR) is 113 cm³/mol. The van der Waals surface area contributed by atoms with Gasteiger partial charge in [0.2, 0.25) is 5.91 Å². The predicted octanol–water partition coefficient (Wildman–Crippen LogP) is 2.14. The number of anilines is 1. The lowest BCUT2D eigenvalue weighted by molar-refractivity contribution is -0.123. The van der Waals surface area contributed by atoms with Crippen LogP contribution in [0.3, 0.4) is 0 Å². The average molecular weight is 441 g/mol. The highest BCUT2D eigenvalue weighted by atomic mass is 16.6. The summed E-state index contributed by atoms with van der Waals surface area (Å²) >= 11 is 0. The lowest BCUT2D eigenvalue weighted by Gasteiger charge is -2.27. The van der Waals surface area contributed by atoms with Crippen LogP contribution in [0.5, 0.6) is 11.5 Å². The van der Waals surface area contributed by atoms with Gasteiger partial charge in [-0.05, 0) is 31.2 Å². The number of nitrogens with zero attached hydrogens (tertiary/aromatic N) is 2. The number of carbonyl (C=O) groups excluding carboxylic acids is 4. The van der Waals surface area contributed by atoms with Crippen molar-refractivity contribution in [2.24, 2.45) is 0 Å². The van der Waals surface area contributed by atoms with Gasteiger partial charge in [0.05, 0.1) is 32.9 Å². The van der Waals surface area contributed by atoms with E-state index in [1.165, 1.54) is 32.4 Å². The van der Waals surface area contributed by atoms with Gasteiger partial charge in [-0.1, -0.05) is 18.2 Å². The van der Waals surface area contributed by atoms with E-state index in [9.17, 15) is 19.2 Å². The molecule has 0 saturated carbocycles. The summed E-state index contributed by atoms with van der Waals surface area (Å²) in [4.78, 5) is 52.3. The second kappa shape index (κ2) is 9.82. The van der Waals surface area contributed by atoms with Gasteiger partial charge < -0.3 is 14.2 Å². The molecule has 168 valence electrons. The largest absolute Gasteiger partial charge is 0.497 e. The third kappa shape index (κ3) is 4.48. The number of hydrogen-bond acceptors (Lipinski definition) is 7. The highest BCUT2D eigenvalue weighted by Crippen LogP contribution is 2.36. The summed E-state index contributed by atoms with van der Waals surface area (Å²) in [5.41, 5.74) is 2.70. The number of imide groups is 1. The summed E-state index contributed by atoms with van der Waals surface area (Å²) < 4.78 is 15.4. The van der Waals surface area contributed by atoms with Gasteiger partial charge in [-0.15, -0.1) is 0 Å². The molecule has 32 heavy (non-hydrogen) atoms. The smallest absolute Gasteiger partial charge is 0.426 e. The maximum atomic E-state index is 13.3. The fourth-order valence-corrected chi connectivity index (χ4v) is 3.29. The zero-order valence-electron chi connectivity index (χ0n) is 17.9. The Morgan fingerprint density at radius 2 is 1.81 bits per heavy atom. The normalized spacial score (nSPS) is 15.3. The monoisotopic (exact) mass is 441 g/mol. The van der Waals surface area contributed by atoms with Crippen LogP contribution in [0.1, 0.15) is 23.7 Å². The number of nitrogens with one attached hydrogen (secondary N) is 1. The summed E-state index contributed by atoms with van der Waals surface area (Å²) in [7, 11) is 2.85. The Kier molecular flexibility index (Phi) is 6.93. The lowest BCUT2D eigenvalue weighted by atomic mass is 10.1. The molecule has 1 N–H and O–H groups in total. The topological polar surface area (TPSA) is 114 Å². The van der Waals surface area contributed by atoms with Crippen molar-refractivity contribution in [1.29, 1.82) is 0 Å². The van der Waals surface area contributed by atoms with Gasteiger partial charge in [0.1, 0.15) is 17.5 Å². The van der Waals surface area contributed by atoms with Gasteiger partial charge in [0.25, 0.3) is 11.8 Å². The average Bonchev–Trinajstić information content (AvgIpc) is 3.10. The Morgan fingerprint density at radius 3 is 2.44 bits per heavy atom. The number of methoxy groups -OCH3 is 2. The molecule has 0 radical (unpaired) electrons. The van der Waals surface area contributed by atoms with Crippen molar-refractivity contribution < 1.29 is 33.4 Å². The minimum absolute atomic E-state index is 0.0594. The fourth-order valence-electron chi connectivity index (χ4n) is 3.29. The third-order valence-corrected chi connectivity index (χ3v) is 4.79. The zero-order chi connectivity index (χ0) is 23.3. The molecule has 3 rings (SSSR count). The molecule has 0 spiro atoms. The molecular formula is C22H23N3O7. The Bertz CT molecular complexity index is 1030. The fraction of sp³-hybridized carbons (Fsp3) is 0.273. The first kappa shape index (κ1) is 22.6. The second-order valence-corrected chi connectivity index (χ2v) is 6.70. The summed E-state index contributed by atoms with van der Waals surface area (Å²) in [5.74, 6) is -1.26. The van der Waals surface area contributed by atoms with Crippen molar-refractivity contribution in [2.75, 3.05) is 25.7 Å². The second-order valence-electron chi connectivity index (χ2n) is 6.70. The van der Waals surface area contributed by atoms with Crippen molar-refractivity contribution in [3.8, 4) is 11.5 Å². The van der Waals surface area contributed by atoms with Gasteiger partial charge in [-0.2, -0.15) is 0 Å². The van der Waals surface area contributed by atoms with Gasteiger partial charge in [-0.3, -0.25) is 14.4 Å². The maximum Gasteiger partial charge on any atom is 0.426 e. The standard InChI is InChI=1S/C22H23N3O7/c1-4-32-22(29)23-25(20(27)14-8-6-5-7-9-14)17-13-19(26)24(21(17)28)16-12-15(30-2)10-11-18(16)31-3/h5-12,17H,4,13H2,1-3H3,(H,23,29). The molecule has 1 aliphatic heterocycles. The molecule has 2 aromatic carbocycles. The first-order valence-electron chi connectivity index (χ1n) is 9.82. The van der Waals surface area contributed by atoms with Crippen LogP contribution in [0.25, 0.3) is 0 Å². The molecule has 10 nitrogen and oxygen atoms in total. The first-order chi connectivity index (χ1) is 15.4. The molecule has 0 aromatic heterocycles.